The second-order valence-corrected chi connectivity index (χ2v) is 5.75. The number of carbonyl (C=O) groups is 2. The molecule has 0 radical (unpaired) electrons. The molecule has 0 aromatic heterocycles. The van der Waals surface area contributed by atoms with Crippen LogP contribution in [-0.2, 0) is 11.3 Å². The standard InChI is InChI=1S/C19H19NO5/c1-12(21)15-4-3-5-16(9-15)25-13(2)19(22)20-10-14-6-7-17-18(8-14)24-11-23-17/h3-9,13H,10-11H2,1-2H3,(H,20,22)/t13-/m1/s1. The first-order valence-electron chi connectivity index (χ1n) is 7.97. The summed E-state index contributed by atoms with van der Waals surface area (Å²) >= 11 is 0. The van der Waals surface area contributed by atoms with Gasteiger partial charge < -0.3 is 19.5 Å². The average Bonchev–Trinajstić information content (AvgIpc) is 3.07. The zero-order valence-corrected chi connectivity index (χ0v) is 14.1. The monoisotopic (exact) mass is 341 g/mol. The summed E-state index contributed by atoms with van der Waals surface area (Å²) in [7, 11) is 0. The number of hydrogen-bond acceptors (Lipinski definition) is 5. The van der Waals surface area contributed by atoms with Gasteiger partial charge in [0.2, 0.25) is 6.79 Å². The van der Waals surface area contributed by atoms with E-state index in [9.17, 15) is 9.59 Å². The maximum atomic E-state index is 12.2. The fourth-order valence-corrected chi connectivity index (χ4v) is 2.43. The van der Waals surface area contributed by atoms with E-state index in [2.05, 4.69) is 5.32 Å². The van der Waals surface area contributed by atoms with Crippen LogP contribution in [0.2, 0.25) is 0 Å². The minimum atomic E-state index is -0.684. The minimum absolute atomic E-state index is 0.0506. The van der Waals surface area contributed by atoms with E-state index in [-0.39, 0.29) is 18.5 Å². The summed E-state index contributed by atoms with van der Waals surface area (Å²) in [5, 5.41) is 2.82. The number of ether oxygens (including phenoxy) is 3. The predicted octanol–water partition coefficient (Wildman–Crippen LogP) is 2.70. The van der Waals surface area contributed by atoms with Crippen LogP contribution in [0.15, 0.2) is 42.5 Å². The molecule has 0 fully saturated rings. The molecule has 130 valence electrons. The molecule has 2 aromatic rings. The highest BCUT2D eigenvalue weighted by molar-refractivity contribution is 5.94. The van der Waals surface area contributed by atoms with Crippen LogP contribution in [-0.4, -0.2) is 24.6 Å². The lowest BCUT2D eigenvalue weighted by atomic mass is 10.1. The smallest absolute Gasteiger partial charge is 0.261 e. The Morgan fingerprint density at radius 1 is 1.16 bits per heavy atom. The molecule has 0 saturated carbocycles. The molecule has 1 aliphatic heterocycles. The van der Waals surface area contributed by atoms with Crippen molar-refractivity contribution in [3.8, 4) is 17.2 Å². The van der Waals surface area contributed by atoms with Crippen molar-refractivity contribution >= 4 is 11.7 Å². The third kappa shape index (κ3) is 4.09. The lowest BCUT2D eigenvalue weighted by Gasteiger charge is -2.15. The van der Waals surface area contributed by atoms with E-state index in [1.165, 1.54) is 6.92 Å². The van der Waals surface area contributed by atoms with Crippen LogP contribution < -0.4 is 19.5 Å². The molecule has 0 saturated heterocycles. The molecule has 25 heavy (non-hydrogen) atoms. The number of fused-ring (bicyclic) bond motifs is 1. The molecule has 0 spiro atoms. The number of benzene rings is 2. The number of carbonyl (C=O) groups excluding carboxylic acids is 2. The molecule has 1 aliphatic rings. The molecule has 3 rings (SSSR count). The van der Waals surface area contributed by atoms with Gasteiger partial charge in [0.15, 0.2) is 23.4 Å². The van der Waals surface area contributed by atoms with Crippen molar-refractivity contribution in [1.82, 2.24) is 5.32 Å². The molecular weight excluding hydrogens is 322 g/mol. The molecule has 1 N–H and O–H groups in total. The van der Waals surface area contributed by atoms with Crippen molar-refractivity contribution in [2.45, 2.75) is 26.5 Å². The average molecular weight is 341 g/mol. The van der Waals surface area contributed by atoms with Crippen LogP contribution in [0, 0.1) is 0 Å². The first-order chi connectivity index (χ1) is 12.0. The van der Waals surface area contributed by atoms with Crippen molar-refractivity contribution < 1.29 is 23.8 Å². The van der Waals surface area contributed by atoms with Crippen molar-refractivity contribution in [2.24, 2.45) is 0 Å². The van der Waals surface area contributed by atoms with Crippen LogP contribution >= 0.6 is 0 Å². The van der Waals surface area contributed by atoms with Gasteiger partial charge in [-0.05, 0) is 43.7 Å². The Labute approximate surface area is 145 Å². The summed E-state index contributed by atoms with van der Waals surface area (Å²) in [5.74, 6) is 1.57. The molecule has 0 bridgehead atoms. The highest BCUT2D eigenvalue weighted by atomic mass is 16.7. The Morgan fingerprint density at radius 3 is 2.76 bits per heavy atom. The third-order valence-electron chi connectivity index (χ3n) is 3.83. The first-order valence-corrected chi connectivity index (χ1v) is 7.97. The molecule has 6 nitrogen and oxygen atoms in total. The van der Waals surface area contributed by atoms with Gasteiger partial charge in [0.25, 0.3) is 5.91 Å². The SMILES string of the molecule is CC(=O)c1cccc(O[C@H](C)C(=O)NCc2ccc3c(c2)OCO3)c1. The van der Waals surface area contributed by atoms with Crippen molar-refractivity contribution in [2.75, 3.05) is 6.79 Å². The van der Waals surface area contributed by atoms with Crippen LogP contribution in [0.1, 0.15) is 29.8 Å². The van der Waals surface area contributed by atoms with Gasteiger partial charge in [-0.1, -0.05) is 18.2 Å². The van der Waals surface area contributed by atoms with Gasteiger partial charge in [-0.25, -0.2) is 0 Å². The molecule has 1 amide bonds. The highest BCUT2D eigenvalue weighted by Gasteiger charge is 2.16. The van der Waals surface area contributed by atoms with Crippen LogP contribution in [0.5, 0.6) is 17.2 Å². The normalized spacial score (nSPS) is 13.2. The summed E-state index contributed by atoms with van der Waals surface area (Å²) in [6.45, 7) is 3.72. The maximum absolute atomic E-state index is 12.2. The Hall–Kier alpha value is -3.02. The summed E-state index contributed by atoms with van der Waals surface area (Å²) < 4.78 is 16.2. The van der Waals surface area contributed by atoms with E-state index in [0.717, 1.165) is 5.56 Å². The Balaban J connectivity index is 1.56. The van der Waals surface area contributed by atoms with E-state index in [4.69, 9.17) is 14.2 Å². The maximum Gasteiger partial charge on any atom is 0.261 e. The Kier molecular flexibility index (Phi) is 4.88. The largest absolute Gasteiger partial charge is 0.481 e. The van der Waals surface area contributed by atoms with Gasteiger partial charge in [0.05, 0.1) is 0 Å². The lowest BCUT2D eigenvalue weighted by molar-refractivity contribution is -0.127. The summed E-state index contributed by atoms with van der Waals surface area (Å²) in [6, 6.07) is 12.3. The van der Waals surface area contributed by atoms with Gasteiger partial charge in [-0.15, -0.1) is 0 Å². The van der Waals surface area contributed by atoms with Crippen molar-refractivity contribution in [3.05, 3.63) is 53.6 Å². The number of rotatable bonds is 6. The van der Waals surface area contributed by atoms with Gasteiger partial charge in [0, 0.05) is 12.1 Å². The van der Waals surface area contributed by atoms with E-state index in [1.54, 1.807) is 31.2 Å². The van der Waals surface area contributed by atoms with Crippen LogP contribution in [0.3, 0.4) is 0 Å². The summed E-state index contributed by atoms with van der Waals surface area (Å²) in [4.78, 5) is 23.6. The van der Waals surface area contributed by atoms with E-state index in [0.29, 0.717) is 29.4 Å². The van der Waals surface area contributed by atoms with Gasteiger partial charge in [-0.2, -0.15) is 0 Å². The summed E-state index contributed by atoms with van der Waals surface area (Å²) in [5.41, 5.74) is 1.45. The molecule has 1 heterocycles. The van der Waals surface area contributed by atoms with E-state index in [1.807, 2.05) is 18.2 Å². The summed E-state index contributed by atoms with van der Waals surface area (Å²) in [6.07, 6.45) is -0.684. The number of Topliss-reactive ketones (excluding diaryl/α,β-unsaturated/α-hetero) is 1. The molecule has 0 unspecified atom stereocenters. The van der Waals surface area contributed by atoms with Crippen LogP contribution in [0.25, 0.3) is 0 Å². The molecule has 0 aliphatic carbocycles. The van der Waals surface area contributed by atoms with Crippen molar-refractivity contribution in [3.63, 3.8) is 0 Å². The Morgan fingerprint density at radius 2 is 1.96 bits per heavy atom. The zero-order chi connectivity index (χ0) is 17.8. The number of amides is 1. The second-order valence-electron chi connectivity index (χ2n) is 5.75. The van der Waals surface area contributed by atoms with Gasteiger partial charge in [-0.3, -0.25) is 9.59 Å². The molecule has 2 aromatic carbocycles. The molecular formula is C19H19NO5. The number of ketones is 1. The van der Waals surface area contributed by atoms with E-state index < -0.39 is 6.10 Å². The third-order valence-corrected chi connectivity index (χ3v) is 3.83. The van der Waals surface area contributed by atoms with Gasteiger partial charge in [0.1, 0.15) is 5.75 Å². The molecule has 1 atom stereocenters. The fourth-order valence-electron chi connectivity index (χ4n) is 2.43. The fraction of sp³-hybridized carbons (Fsp3) is 0.263. The highest BCUT2D eigenvalue weighted by Crippen LogP contribution is 2.32. The predicted molar refractivity (Wildman–Crippen MR) is 90.9 cm³/mol. The lowest BCUT2D eigenvalue weighted by Crippen LogP contribution is -2.35. The molecule has 6 heteroatoms. The number of hydrogen-bond donors (Lipinski definition) is 1. The topological polar surface area (TPSA) is 73.9 Å². The number of nitrogens with one attached hydrogen (secondary N) is 1. The minimum Gasteiger partial charge on any atom is -0.481 e. The van der Waals surface area contributed by atoms with Crippen molar-refractivity contribution in [1.29, 1.82) is 0 Å². The second kappa shape index (κ2) is 7.25. The van der Waals surface area contributed by atoms with E-state index >= 15 is 0 Å². The van der Waals surface area contributed by atoms with Crippen LogP contribution in [0.4, 0.5) is 0 Å². The first kappa shape index (κ1) is 16.8. The quantitative estimate of drug-likeness (QED) is 0.818. The Bertz CT molecular complexity index is 802. The zero-order valence-electron chi connectivity index (χ0n) is 14.1. The van der Waals surface area contributed by atoms with Gasteiger partial charge >= 0.3 is 0 Å².